The number of aromatic nitrogens is 2. The van der Waals surface area contributed by atoms with Crippen molar-refractivity contribution in [3.05, 3.63) is 182 Å². The highest BCUT2D eigenvalue weighted by Gasteiger charge is 2.06. The molecule has 3 heterocycles. The molecule has 48 heavy (non-hydrogen) atoms. The van der Waals surface area contributed by atoms with Crippen LogP contribution in [0.3, 0.4) is 0 Å². The lowest BCUT2D eigenvalue weighted by Crippen LogP contribution is -1.85. The van der Waals surface area contributed by atoms with Crippen LogP contribution < -0.4 is 0 Å². The summed E-state index contributed by atoms with van der Waals surface area (Å²) in [7, 11) is 0. The molecule has 0 saturated heterocycles. The van der Waals surface area contributed by atoms with Gasteiger partial charge in [-0.15, -0.1) is 0 Å². The molecule has 0 atom stereocenters. The Morgan fingerprint density at radius 2 is 0.479 bits per heavy atom. The molecule has 0 unspecified atom stereocenters. The third-order valence-electron chi connectivity index (χ3n) is 9.16. The minimum absolute atomic E-state index is 0.944. The molecule has 0 radical (unpaired) electrons. The van der Waals surface area contributed by atoms with Gasteiger partial charge in [0.05, 0.1) is 22.1 Å². The molecule has 9 aromatic rings. The molecule has 0 spiro atoms. The van der Waals surface area contributed by atoms with Crippen LogP contribution in [0.1, 0.15) is 0 Å². The van der Waals surface area contributed by atoms with Gasteiger partial charge < -0.3 is 0 Å². The maximum absolute atomic E-state index is 5.28. The zero-order valence-corrected chi connectivity index (χ0v) is 26.2. The molecule has 6 aromatic carbocycles. The molecular weight excluding hydrogens is 581 g/mol. The summed E-state index contributed by atoms with van der Waals surface area (Å²) < 4.78 is 0. The van der Waals surface area contributed by atoms with Crippen LogP contribution in [-0.2, 0) is 0 Å². The molecule has 2 nitrogen and oxygen atoms in total. The minimum Gasteiger partial charge on any atom is -0.248 e. The van der Waals surface area contributed by atoms with Crippen molar-refractivity contribution in [3.8, 4) is 22.3 Å². The second-order valence-electron chi connectivity index (χ2n) is 12.3. The molecule has 0 saturated carbocycles. The Morgan fingerprint density at radius 3 is 0.771 bits per heavy atom. The summed E-state index contributed by atoms with van der Waals surface area (Å²) in [6.07, 6.45) is 0. The Hall–Kier alpha value is -6.38. The SMILES string of the molecule is c1ccc(-c2cc3nc(c2)c2cccc(c2)c2cccc(c2)c2cc(-c4ccccc4)cc(n2)c2cccc(c2)c2cccc3c2)cc1. The van der Waals surface area contributed by atoms with Gasteiger partial charge in [0.25, 0.3) is 0 Å². The monoisotopic (exact) mass is 610 g/mol. The third kappa shape index (κ3) is 5.30. The van der Waals surface area contributed by atoms with Crippen LogP contribution in [0.4, 0.5) is 0 Å². The van der Waals surface area contributed by atoms with Crippen LogP contribution in [-0.4, -0.2) is 9.97 Å². The number of pyridine rings is 2. The van der Waals surface area contributed by atoms with E-state index in [4.69, 9.17) is 9.97 Å². The molecule has 3 aromatic heterocycles. The van der Waals surface area contributed by atoms with E-state index in [-0.39, 0.29) is 0 Å². The minimum atomic E-state index is 0.944. The van der Waals surface area contributed by atoms with Crippen molar-refractivity contribution >= 4 is 65.2 Å². The fourth-order valence-corrected chi connectivity index (χ4v) is 6.68. The Labute approximate surface area is 278 Å². The average molecular weight is 611 g/mol. The maximum Gasteiger partial charge on any atom is 0.0715 e. The number of benzene rings is 6. The van der Waals surface area contributed by atoms with Gasteiger partial charge in [0.15, 0.2) is 0 Å². The van der Waals surface area contributed by atoms with E-state index in [0.717, 1.165) is 76.3 Å². The molecule has 0 aliphatic carbocycles. The molecule has 0 fully saturated rings. The second kappa shape index (κ2) is 11.8. The normalized spacial score (nSPS) is 11.3. The zero-order valence-electron chi connectivity index (χ0n) is 26.2. The van der Waals surface area contributed by atoms with Gasteiger partial charge in [-0.2, -0.15) is 0 Å². The molecule has 0 aliphatic heterocycles. The topological polar surface area (TPSA) is 25.8 Å². The first-order valence-electron chi connectivity index (χ1n) is 16.3. The molecule has 0 aliphatic rings. The first-order valence-corrected chi connectivity index (χ1v) is 16.3. The van der Waals surface area contributed by atoms with Crippen LogP contribution >= 0.6 is 0 Å². The smallest absolute Gasteiger partial charge is 0.0715 e. The van der Waals surface area contributed by atoms with E-state index >= 15 is 0 Å². The summed E-state index contributed by atoms with van der Waals surface area (Å²) in [4.78, 5) is 10.6. The summed E-state index contributed by atoms with van der Waals surface area (Å²) >= 11 is 0. The van der Waals surface area contributed by atoms with Crippen molar-refractivity contribution in [3.63, 3.8) is 0 Å². The van der Waals surface area contributed by atoms with Gasteiger partial charge in [0.1, 0.15) is 0 Å². The summed E-state index contributed by atoms with van der Waals surface area (Å²) in [5.41, 5.74) is 8.40. The predicted molar refractivity (Wildman–Crippen MR) is 204 cm³/mol. The molecule has 0 amide bonds. The van der Waals surface area contributed by atoms with Gasteiger partial charge in [-0.05, 0) is 92.3 Å². The number of hydrogen-bond donors (Lipinski definition) is 0. The van der Waals surface area contributed by atoms with E-state index in [1.54, 1.807) is 0 Å². The number of hydrogen-bond acceptors (Lipinski definition) is 2. The van der Waals surface area contributed by atoms with Crippen molar-refractivity contribution in [1.82, 2.24) is 9.97 Å². The second-order valence-corrected chi connectivity index (χ2v) is 12.3. The lowest BCUT2D eigenvalue weighted by atomic mass is 10.0. The Kier molecular flexibility index (Phi) is 6.84. The maximum atomic E-state index is 5.28. The quantitative estimate of drug-likeness (QED) is 0.195. The van der Waals surface area contributed by atoms with Crippen LogP contribution in [0.5, 0.6) is 0 Å². The van der Waals surface area contributed by atoms with E-state index in [2.05, 4.69) is 182 Å². The van der Waals surface area contributed by atoms with Crippen molar-refractivity contribution < 1.29 is 0 Å². The number of rotatable bonds is 2. The van der Waals surface area contributed by atoms with Crippen LogP contribution in [0.25, 0.3) is 87.4 Å². The highest BCUT2D eigenvalue weighted by atomic mass is 14.7. The van der Waals surface area contributed by atoms with Crippen molar-refractivity contribution in [2.45, 2.75) is 0 Å². The highest BCUT2D eigenvalue weighted by Crippen LogP contribution is 2.30. The largest absolute Gasteiger partial charge is 0.248 e. The van der Waals surface area contributed by atoms with Gasteiger partial charge >= 0.3 is 0 Å². The summed E-state index contributed by atoms with van der Waals surface area (Å²) in [5, 5.41) is 8.86. The van der Waals surface area contributed by atoms with Crippen LogP contribution in [0.15, 0.2) is 182 Å². The van der Waals surface area contributed by atoms with Gasteiger partial charge in [0, 0.05) is 21.5 Å². The number of fused-ring (bicyclic) bond motifs is 18. The van der Waals surface area contributed by atoms with Crippen LogP contribution in [0.2, 0.25) is 0 Å². The zero-order chi connectivity index (χ0) is 31.9. The molecule has 12 bridgehead atoms. The molecule has 224 valence electrons. The van der Waals surface area contributed by atoms with E-state index in [1.165, 1.54) is 11.1 Å². The predicted octanol–water partition coefficient (Wildman–Crippen LogP) is 12.4. The molecule has 9 rings (SSSR count). The van der Waals surface area contributed by atoms with Crippen molar-refractivity contribution in [2.75, 3.05) is 0 Å². The van der Waals surface area contributed by atoms with Gasteiger partial charge in [-0.3, -0.25) is 0 Å². The summed E-state index contributed by atoms with van der Waals surface area (Å²) in [6, 6.07) is 64.9. The van der Waals surface area contributed by atoms with E-state index in [9.17, 15) is 0 Å². The van der Waals surface area contributed by atoms with Crippen molar-refractivity contribution in [2.24, 2.45) is 0 Å². The fourth-order valence-electron chi connectivity index (χ4n) is 6.68. The highest BCUT2D eigenvalue weighted by molar-refractivity contribution is 6.00. The lowest BCUT2D eigenvalue weighted by Gasteiger charge is -2.06. The van der Waals surface area contributed by atoms with Crippen molar-refractivity contribution in [1.29, 1.82) is 0 Å². The number of nitrogens with zero attached hydrogens (tertiary/aromatic N) is 2. The lowest BCUT2D eigenvalue weighted by molar-refractivity contribution is 1.49. The standard InChI is InChI=1S/C46H30N2/c1-3-11-31(12-4-1)41-27-43-37-19-7-15-33(23-37)35-17-9-21-39(25-35)45-29-42(32-13-5-2-6-14-32)30-46(48-45)40-22-10-18-36(26-40)34-16-8-20-38(24-34)44(28-41)47-43/h1-30H. The molecular formula is C46H30N2. The average Bonchev–Trinajstić information content (AvgIpc) is 3.18. The first kappa shape index (κ1) is 27.9. The first-order chi connectivity index (χ1) is 23.7. The third-order valence-corrected chi connectivity index (χ3v) is 9.16. The van der Waals surface area contributed by atoms with Gasteiger partial charge in [0.2, 0.25) is 0 Å². The summed E-state index contributed by atoms with van der Waals surface area (Å²) in [5.74, 6) is 0. The Morgan fingerprint density at radius 1 is 0.208 bits per heavy atom. The van der Waals surface area contributed by atoms with Gasteiger partial charge in [-0.25, -0.2) is 9.97 Å². The van der Waals surface area contributed by atoms with E-state index < -0.39 is 0 Å². The van der Waals surface area contributed by atoms with E-state index in [0.29, 0.717) is 0 Å². The van der Waals surface area contributed by atoms with E-state index in [1.807, 2.05) is 0 Å². The van der Waals surface area contributed by atoms with Crippen LogP contribution in [0, 0.1) is 0 Å². The molecule has 0 N–H and O–H groups in total. The fraction of sp³-hybridized carbons (Fsp3) is 0. The molecule has 2 heteroatoms. The Balaban J connectivity index is 1.47. The summed E-state index contributed by atoms with van der Waals surface area (Å²) in [6.45, 7) is 0. The Bertz CT molecular complexity index is 2430. The van der Waals surface area contributed by atoms with Gasteiger partial charge in [-0.1, -0.05) is 133 Å².